The van der Waals surface area contributed by atoms with Gasteiger partial charge in [0.25, 0.3) is 11.8 Å². The van der Waals surface area contributed by atoms with Crippen LogP contribution in [0.4, 0.5) is 4.39 Å². The Morgan fingerprint density at radius 2 is 1.89 bits per heavy atom. The summed E-state index contributed by atoms with van der Waals surface area (Å²) in [7, 11) is 0. The van der Waals surface area contributed by atoms with Crippen LogP contribution in [0.2, 0.25) is 0 Å². The van der Waals surface area contributed by atoms with Gasteiger partial charge in [-0.1, -0.05) is 0 Å². The number of aliphatic imine (C=N–C) groups is 1. The zero-order chi connectivity index (χ0) is 26.4. The largest absolute Gasteiger partial charge is 0.485 e. The summed E-state index contributed by atoms with van der Waals surface area (Å²) in [6.45, 7) is 3.75. The molecule has 1 saturated heterocycles. The minimum absolute atomic E-state index is 0.00179. The number of hydrogen-bond acceptors (Lipinski definition) is 6. The number of halogens is 1. The van der Waals surface area contributed by atoms with E-state index in [4.69, 9.17) is 15.2 Å². The molecule has 10 heteroatoms. The maximum Gasteiger partial charge on any atom is 0.279 e. The Balaban J connectivity index is 1.58. The number of amidine groups is 1. The van der Waals surface area contributed by atoms with Gasteiger partial charge in [-0.25, -0.2) is 4.39 Å². The predicted octanol–water partition coefficient (Wildman–Crippen LogP) is 3.38. The number of aliphatic hydroxyl groups is 1. The molecule has 0 spiro atoms. The van der Waals surface area contributed by atoms with Gasteiger partial charge >= 0.3 is 0 Å². The van der Waals surface area contributed by atoms with Crippen molar-refractivity contribution in [2.45, 2.75) is 38.2 Å². The Bertz CT molecular complexity index is 1220. The van der Waals surface area contributed by atoms with Crippen molar-refractivity contribution < 1.29 is 28.6 Å². The molecular weight excluding hydrogens is 479 g/mol. The van der Waals surface area contributed by atoms with E-state index in [9.17, 15) is 19.1 Å². The van der Waals surface area contributed by atoms with E-state index in [2.05, 4.69) is 10.3 Å². The Morgan fingerprint density at radius 1 is 1.16 bits per heavy atom. The number of rotatable bonds is 10. The molecule has 0 bridgehead atoms. The molecule has 0 unspecified atom stereocenters. The Labute approximate surface area is 214 Å². The molecule has 4 N–H and O–H groups in total. The highest BCUT2D eigenvalue weighted by Gasteiger charge is 2.45. The third-order valence-electron chi connectivity index (χ3n) is 6.16. The lowest BCUT2D eigenvalue weighted by Gasteiger charge is -2.18. The summed E-state index contributed by atoms with van der Waals surface area (Å²) in [6.07, 6.45) is 6.25. The molecule has 0 atom stereocenters. The van der Waals surface area contributed by atoms with E-state index in [0.29, 0.717) is 32.5 Å². The van der Waals surface area contributed by atoms with Gasteiger partial charge in [-0.15, -0.1) is 0 Å². The lowest BCUT2D eigenvalue weighted by molar-refractivity contribution is 0.0792. The summed E-state index contributed by atoms with van der Waals surface area (Å²) < 4.78 is 26.6. The van der Waals surface area contributed by atoms with Crippen LogP contribution in [-0.4, -0.2) is 59.5 Å². The van der Waals surface area contributed by atoms with Crippen LogP contribution in [0.3, 0.4) is 0 Å². The second kappa shape index (κ2) is 11.4. The van der Waals surface area contributed by atoms with Gasteiger partial charge in [-0.3, -0.25) is 9.59 Å². The summed E-state index contributed by atoms with van der Waals surface area (Å²) in [6, 6.07) is 8.43. The molecule has 0 aromatic heterocycles. The normalized spacial score (nSPS) is 16.6. The molecule has 2 aromatic carbocycles. The lowest BCUT2D eigenvalue weighted by Crippen LogP contribution is -2.27. The standard InChI is InChI=1S/C27H31FN4O5/c1-2-30-10-7-24(29)31-25(34)19-13-20(16-21(14-19)37-27(17-33)8-9-27)36-23-6-5-18(15-22(23)28)26(35)32-11-3-4-12-32/h5-7,10,13-16,30,33H,2-4,8-9,11-12,17H2,1H3,(H2,29,31,34)/b10-7-. The first-order chi connectivity index (χ1) is 17.8. The van der Waals surface area contributed by atoms with Crippen molar-refractivity contribution in [1.82, 2.24) is 10.2 Å². The van der Waals surface area contributed by atoms with Crippen molar-refractivity contribution in [3.05, 3.63) is 65.6 Å². The van der Waals surface area contributed by atoms with E-state index in [1.54, 1.807) is 11.1 Å². The number of ether oxygens (including phenoxy) is 2. The van der Waals surface area contributed by atoms with Crippen LogP contribution in [-0.2, 0) is 0 Å². The average molecular weight is 511 g/mol. The van der Waals surface area contributed by atoms with E-state index in [-0.39, 0.29) is 46.7 Å². The molecular formula is C27H31FN4O5. The van der Waals surface area contributed by atoms with Gasteiger partial charge in [0.15, 0.2) is 11.6 Å². The molecule has 1 aliphatic heterocycles. The first-order valence-electron chi connectivity index (χ1n) is 12.3. The SMILES string of the molecule is CCN/C=C\C(N)=NC(=O)c1cc(Oc2ccc(C(=O)N3CCCC3)cc2F)cc(OC2(CO)CC2)c1. The zero-order valence-corrected chi connectivity index (χ0v) is 20.7. The molecule has 2 aromatic rings. The number of nitrogens with two attached hydrogens (primary N) is 1. The third-order valence-corrected chi connectivity index (χ3v) is 6.16. The van der Waals surface area contributed by atoms with Crippen molar-refractivity contribution in [2.24, 2.45) is 10.7 Å². The minimum atomic E-state index is -0.714. The van der Waals surface area contributed by atoms with Gasteiger partial charge in [0.2, 0.25) is 0 Å². The summed E-state index contributed by atoms with van der Waals surface area (Å²) >= 11 is 0. The number of aliphatic hydroxyl groups excluding tert-OH is 1. The second-order valence-electron chi connectivity index (χ2n) is 9.12. The third kappa shape index (κ3) is 6.65. The van der Waals surface area contributed by atoms with Crippen molar-refractivity contribution in [3.8, 4) is 17.2 Å². The second-order valence-corrected chi connectivity index (χ2v) is 9.12. The summed E-state index contributed by atoms with van der Waals surface area (Å²) in [5, 5.41) is 12.6. The molecule has 2 amide bonds. The van der Waals surface area contributed by atoms with E-state index >= 15 is 0 Å². The summed E-state index contributed by atoms with van der Waals surface area (Å²) in [5.74, 6) is -1.30. The van der Waals surface area contributed by atoms with E-state index in [0.717, 1.165) is 18.9 Å². The van der Waals surface area contributed by atoms with Gasteiger partial charge in [0, 0.05) is 43.0 Å². The molecule has 4 rings (SSSR count). The molecule has 1 saturated carbocycles. The van der Waals surface area contributed by atoms with Crippen LogP contribution in [0, 0.1) is 5.82 Å². The fraction of sp³-hybridized carbons (Fsp3) is 0.370. The zero-order valence-electron chi connectivity index (χ0n) is 20.7. The molecule has 9 nitrogen and oxygen atoms in total. The number of carbonyl (C=O) groups excluding carboxylic acids is 2. The van der Waals surface area contributed by atoms with Gasteiger partial charge in [0.1, 0.15) is 22.9 Å². The number of benzene rings is 2. The van der Waals surface area contributed by atoms with Crippen molar-refractivity contribution in [2.75, 3.05) is 26.2 Å². The van der Waals surface area contributed by atoms with Crippen molar-refractivity contribution in [3.63, 3.8) is 0 Å². The molecule has 196 valence electrons. The highest BCUT2D eigenvalue weighted by molar-refractivity contribution is 6.06. The molecule has 2 aliphatic rings. The van der Waals surface area contributed by atoms with E-state index in [1.165, 1.54) is 36.4 Å². The van der Waals surface area contributed by atoms with Gasteiger partial charge in [-0.2, -0.15) is 4.99 Å². The lowest BCUT2D eigenvalue weighted by atomic mass is 10.1. The summed E-state index contributed by atoms with van der Waals surface area (Å²) in [5.41, 5.74) is 5.46. The number of carbonyl (C=O) groups is 2. The van der Waals surface area contributed by atoms with Crippen LogP contribution >= 0.6 is 0 Å². The maximum atomic E-state index is 14.9. The smallest absolute Gasteiger partial charge is 0.279 e. The summed E-state index contributed by atoms with van der Waals surface area (Å²) in [4.78, 5) is 31.0. The first-order valence-corrected chi connectivity index (χ1v) is 12.3. The highest BCUT2D eigenvalue weighted by atomic mass is 19.1. The first kappa shape index (κ1) is 26.2. The highest BCUT2D eigenvalue weighted by Crippen LogP contribution is 2.41. The Morgan fingerprint density at radius 3 is 2.54 bits per heavy atom. The number of amides is 2. The predicted molar refractivity (Wildman–Crippen MR) is 137 cm³/mol. The fourth-order valence-electron chi connectivity index (χ4n) is 3.92. The molecule has 2 fully saturated rings. The van der Waals surface area contributed by atoms with Crippen molar-refractivity contribution >= 4 is 17.6 Å². The molecule has 0 radical (unpaired) electrons. The number of nitrogens with zero attached hydrogens (tertiary/aromatic N) is 2. The molecule has 1 aliphatic carbocycles. The topological polar surface area (TPSA) is 126 Å². The van der Waals surface area contributed by atoms with E-state index in [1.807, 2.05) is 6.92 Å². The molecule has 1 heterocycles. The van der Waals surface area contributed by atoms with Gasteiger partial charge in [-0.05, 0) is 69.0 Å². The van der Waals surface area contributed by atoms with Crippen LogP contribution in [0.1, 0.15) is 53.3 Å². The van der Waals surface area contributed by atoms with Crippen molar-refractivity contribution in [1.29, 1.82) is 0 Å². The maximum absolute atomic E-state index is 14.9. The van der Waals surface area contributed by atoms with Crippen LogP contribution in [0.25, 0.3) is 0 Å². The average Bonchev–Trinajstić information content (AvgIpc) is 3.43. The van der Waals surface area contributed by atoms with Crippen LogP contribution in [0.5, 0.6) is 17.2 Å². The quantitative estimate of drug-likeness (QED) is 0.330. The van der Waals surface area contributed by atoms with Crippen LogP contribution < -0.4 is 20.5 Å². The number of likely N-dealkylation sites (tertiary alicyclic amines) is 1. The number of hydrogen-bond donors (Lipinski definition) is 3. The van der Waals surface area contributed by atoms with E-state index < -0.39 is 17.3 Å². The fourth-order valence-corrected chi connectivity index (χ4v) is 3.92. The Kier molecular flexibility index (Phi) is 8.08. The monoisotopic (exact) mass is 510 g/mol. The van der Waals surface area contributed by atoms with Gasteiger partial charge in [0.05, 0.1) is 6.61 Å². The number of nitrogens with one attached hydrogen (secondary N) is 1. The van der Waals surface area contributed by atoms with Crippen LogP contribution in [0.15, 0.2) is 53.7 Å². The Hall–Kier alpha value is -3.92. The minimum Gasteiger partial charge on any atom is -0.485 e. The molecule has 37 heavy (non-hydrogen) atoms. The van der Waals surface area contributed by atoms with Gasteiger partial charge < -0.3 is 30.5 Å².